The van der Waals surface area contributed by atoms with Crippen molar-refractivity contribution >= 4 is 23.4 Å². The number of amides is 1. The molecule has 2 aromatic rings. The predicted molar refractivity (Wildman–Crippen MR) is 88.0 cm³/mol. The number of thioether (sulfide) groups is 1. The third-order valence-corrected chi connectivity index (χ3v) is 5.00. The van der Waals surface area contributed by atoms with Crippen molar-refractivity contribution in [1.82, 2.24) is 14.8 Å². The van der Waals surface area contributed by atoms with Crippen LogP contribution in [0.2, 0.25) is 0 Å². The van der Waals surface area contributed by atoms with Gasteiger partial charge in [-0.3, -0.25) is 4.79 Å². The lowest BCUT2D eigenvalue weighted by Gasteiger charge is -2.09. The average molecular weight is 316 g/mol. The van der Waals surface area contributed by atoms with Crippen LogP contribution in [0, 0.1) is 0 Å². The quantitative estimate of drug-likeness (QED) is 0.861. The number of carbonyl (C=O) groups is 1. The molecule has 1 N–H and O–H groups in total. The maximum Gasteiger partial charge on any atom is 0.234 e. The standard InChI is InChI=1S/C16H20N4OS/c1-20-15(12-7-5-6-8-12)18-19-16(20)22-11-14(21)17-13-9-3-2-4-10-13/h2-4,9-10,12H,5-8,11H2,1H3,(H,17,21). The van der Waals surface area contributed by atoms with Gasteiger partial charge in [-0.2, -0.15) is 0 Å². The molecule has 1 aliphatic rings. The van der Waals surface area contributed by atoms with E-state index >= 15 is 0 Å². The highest BCUT2D eigenvalue weighted by Gasteiger charge is 2.23. The van der Waals surface area contributed by atoms with Gasteiger partial charge in [-0.1, -0.05) is 42.8 Å². The van der Waals surface area contributed by atoms with Crippen LogP contribution >= 0.6 is 11.8 Å². The van der Waals surface area contributed by atoms with Gasteiger partial charge >= 0.3 is 0 Å². The summed E-state index contributed by atoms with van der Waals surface area (Å²) in [5, 5.41) is 12.2. The summed E-state index contributed by atoms with van der Waals surface area (Å²) < 4.78 is 2.04. The molecule has 3 rings (SSSR count). The van der Waals surface area contributed by atoms with Gasteiger partial charge in [-0.15, -0.1) is 10.2 Å². The fourth-order valence-electron chi connectivity index (χ4n) is 2.84. The molecule has 1 aromatic heterocycles. The van der Waals surface area contributed by atoms with Gasteiger partial charge in [-0.25, -0.2) is 0 Å². The lowest BCUT2D eigenvalue weighted by atomic mass is 10.1. The number of carbonyl (C=O) groups excluding carboxylic acids is 1. The van der Waals surface area contributed by atoms with Crippen LogP contribution in [-0.2, 0) is 11.8 Å². The first kappa shape index (κ1) is 15.1. The Labute approximate surface area is 134 Å². The van der Waals surface area contributed by atoms with E-state index in [2.05, 4.69) is 15.5 Å². The molecule has 6 heteroatoms. The number of hydrogen-bond acceptors (Lipinski definition) is 4. The molecule has 1 aromatic carbocycles. The van der Waals surface area contributed by atoms with Crippen LogP contribution in [0.4, 0.5) is 5.69 Å². The number of nitrogens with one attached hydrogen (secondary N) is 1. The van der Waals surface area contributed by atoms with Crippen molar-refractivity contribution in [3.8, 4) is 0 Å². The Morgan fingerprint density at radius 1 is 1.27 bits per heavy atom. The zero-order valence-corrected chi connectivity index (χ0v) is 13.5. The van der Waals surface area contributed by atoms with E-state index in [-0.39, 0.29) is 5.91 Å². The first-order valence-corrected chi connectivity index (χ1v) is 8.59. The molecular weight excluding hydrogens is 296 g/mol. The Bertz CT molecular complexity index is 635. The minimum Gasteiger partial charge on any atom is -0.325 e. The summed E-state index contributed by atoms with van der Waals surface area (Å²) >= 11 is 1.43. The van der Waals surface area contributed by atoms with Crippen LogP contribution in [0.1, 0.15) is 37.4 Å². The van der Waals surface area contributed by atoms with Gasteiger partial charge in [0.1, 0.15) is 5.82 Å². The monoisotopic (exact) mass is 316 g/mol. The van der Waals surface area contributed by atoms with E-state index in [0.717, 1.165) is 16.7 Å². The van der Waals surface area contributed by atoms with E-state index in [4.69, 9.17) is 0 Å². The number of rotatable bonds is 5. The highest BCUT2D eigenvalue weighted by molar-refractivity contribution is 7.99. The van der Waals surface area contributed by atoms with Gasteiger partial charge in [0.15, 0.2) is 5.16 Å². The van der Waals surface area contributed by atoms with E-state index < -0.39 is 0 Å². The van der Waals surface area contributed by atoms with Crippen molar-refractivity contribution in [3.63, 3.8) is 0 Å². The molecule has 1 amide bonds. The Balaban J connectivity index is 1.56. The molecule has 1 aliphatic carbocycles. The van der Waals surface area contributed by atoms with Gasteiger partial charge in [0.25, 0.3) is 0 Å². The molecule has 0 saturated heterocycles. The third kappa shape index (κ3) is 3.50. The first-order valence-electron chi connectivity index (χ1n) is 7.61. The molecular formula is C16H20N4OS. The maximum absolute atomic E-state index is 12.0. The number of para-hydroxylation sites is 1. The van der Waals surface area contributed by atoms with Gasteiger partial charge in [0.05, 0.1) is 5.75 Å². The Kier molecular flexibility index (Phi) is 4.77. The Morgan fingerprint density at radius 3 is 2.73 bits per heavy atom. The number of aromatic nitrogens is 3. The van der Waals surface area contributed by atoms with Crippen molar-refractivity contribution in [2.75, 3.05) is 11.1 Å². The van der Waals surface area contributed by atoms with Gasteiger partial charge in [0.2, 0.25) is 5.91 Å². The summed E-state index contributed by atoms with van der Waals surface area (Å²) in [6.07, 6.45) is 4.95. The van der Waals surface area contributed by atoms with Crippen molar-refractivity contribution in [2.45, 2.75) is 36.8 Å². The van der Waals surface area contributed by atoms with E-state index in [1.807, 2.05) is 41.9 Å². The third-order valence-electron chi connectivity index (χ3n) is 3.98. The smallest absolute Gasteiger partial charge is 0.234 e. The van der Waals surface area contributed by atoms with Gasteiger partial charge in [0, 0.05) is 18.7 Å². The minimum atomic E-state index is -0.0263. The predicted octanol–water partition coefficient (Wildman–Crippen LogP) is 3.20. The highest BCUT2D eigenvalue weighted by atomic mass is 32.2. The Morgan fingerprint density at radius 2 is 2.00 bits per heavy atom. The molecule has 0 spiro atoms. The second-order valence-electron chi connectivity index (χ2n) is 5.58. The SMILES string of the molecule is Cn1c(SCC(=O)Nc2ccccc2)nnc1C1CCCC1. The highest BCUT2D eigenvalue weighted by Crippen LogP contribution is 2.33. The second kappa shape index (κ2) is 6.96. The second-order valence-corrected chi connectivity index (χ2v) is 6.53. The van der Waals surface area contributed by atoms with Crippen LogP contribution in [0.25, 0.3) is 0 Å². The zero-order chi connectivity index (χ0) is 15.4. The summed E-state index contributed by atoms with van der Waals surface area (Å²) in [5.74, 6) is 1.90. The van der Waals surface area contributed by atoms with Crippen molar-refractivity contribution in [3.05, 3.63) is 36.2 Å². The zero-order valence-electron chi connectivity index (χ0n) is 12.7. The first-order chi connectivity index (χ1) is 10.7. The number of anilines is 1. The molecule has 22 heavy (non-hydrogen) atoms. The molecule has 1 fully saturated rings. The molecule has 0 aliphatic heterocycles. The summed E-state index contributed by atoms with van der Waals surface area (Å²) in [7, 11) is 1.99. The number of hydrogen-bond donors (Lipinski definition) is 1. The Hall–Kier alpha value is -1.82. The minimum absolute atomic E-state index is 0.0263. The molecule has 0 bridgehead atoms. The number of benzene rings is 1. The van der Waals surface area contributed by atoms with Crippen LogP contribution in [-0.4, -0.2) is 26.4 Å². The van der Waals surface area contributed by atoms with E-state index in [9.17, 15) is 4.79 Å². The van der Waals surface area contributed by atoms with Gasteiger partial charge in [-0.05, 0) is 25.0 Å². The fourth-order valence-corrected chi connectivity index (χ4v) is 3.56. The molecule has 1 heterocycles. The number of nitrogens with zero attached hydrogens (tertiary/aromatic N) is 3. The summed E-state index contributed by atoms with van der Waals surface area (Å²) in [6.45, 7) is 0. The fraction of sp³-hybridized carbons (Fsp3) is 0.438. The summed E-state index contributed by atoms with van der Waals surface area (Å²) in [5.41, 5.74) is 0.817. The largest absolute Gasteiger partial charge is 0.325 e. The average Bonchev–Trinajstić information content (AvgIpc) is 3.16. The lowest BCUT2D eigenvalue weighted by Crippen LogP contribution is -2.14. The van der Waals surface area contributed by atoms with E-state index in [0.29, 0.717) is 11.7 Å². The molecule has 0 unspecified atom stereocenters. The van der Waals surface area contributed by atoms with Crippen LogP contribution in [0.15, 0.2) is 35.5 Å². The maximum atomic E-state index is 12.0. The topological polar surface area (TPSA) is 59.8 Å². The van der Waals surface area contributed by atoms with E-state index in [1.165, 1.54) is 37.4 Å². The van der Waals surface area contributed by atoms with Crippen LogP contribution in [0.5, 0.6) is 0 Å². The molecule has 116 valence electrons. The molecule has 1 saturated carbocycles. The van der Waals surface area contributed by atoms with E-state index in [1.54, 1.807) is 0 Å². The van der Waals surface area contributed by atoms with Crippen molar-refractivity contribution < 1.29 is 4.79 Å². The summed E-state index contributed by atoms with van der Waals surface area (Å²) in [6, 6.07) is 9.49. The summed E-state index contributed by atoms with van der Waals surface area (Å²) in [4.78, 5) is 12.0. The van der Waals surface area contributed by atoms with Crippen molar-refractivity contribution in [1.29, 1.82) is 0 Å². The normalized spacial score (nSPS) is 15.1. The molecule has 5 nitrogen and oxygen atoms in total. The lowest BCUT2D eigenvalue weighted by molar-refractivity contribution is -0.113. The molecule has 0 atom stereocenters. The van der Waals surface area contributed by atoms with Gasteiger partial charge < -0.3 is 9.88 Å². The van der Waals surface area contributed by atoms with Crippen LogP contribution in [0.3, 0.4) is 0 Å². The van der Waals surface area contributed by atoms with Crippen molar-refractivity contribution in [2.24, 2.45) is 7.05 Å². The van der Waals surface area contributed by atoms with Crippen LogP contribution < -0.4 is 5.32 Å². The molecule has 0 radical (unpaired) electrons.